The number of allylic oxidation sites excluding steroid dienone is 1. The topological polar surface area (TPSA) is 76.9 Å². The van der Waals surface area contributed by atoms with Crippen LogP contribution in [0.15, 0.2) is 89.5 Å². The van der Waals surface area contributed by atoms with Crippen LogP contribution in [0.2, 0.25) is 0 Å². The Morgan fingerprint density at radius 1 is 1.06 bits per heavy atom. The third kappa shape index (κ3) is 3.76. The second-order valence-corrected chi connectivity index (χ2v) is 8.89. The van der Waals surface area contributed by atoms with Crippen LogP contribution in [0.1, 0.15) is 10.6 Å². The van der Waals surface area contributed by atoms with Gasteiger partial charge in [0.2, 0.25) is 0 Å². The number of methoxy groups -OCH3 is 1. The SMILES string of the molecule is COc1cccc2cc(-c3nn(-c4ccccc4)cc3C=C(C#N)c3nc4ccccc4s3)oc12. The summed E-state index contributed by atoms with van der Waals surface area (Å²) in [5.74, 6) is 1.24. The average Bonchev–Trinajstić information content (AvgIpc) is 3.63. The summed E-state index contributed by atoms with van der Waals surface area (Å²) in [6, 6.07) is 27.7. The van der Waals surface area contributed by atoms with E-state index in [9.17, 15) is 5.26 Å². The molecule has 3 aromatic heterocycles. The average molecular weight is 475 g/mol. The molecule has 0 fully saturated rings. The van der Waals surface area contributed by atoms with Crippen molar-refractivity contribution in [2.75, 3.05) is 7.11 Å². The molecule has 7 heteroatoms. The third-order valence-electron chi connectivity index (χ3n) is 5.67. The largest absolute Gasteiger partial charge is 0.493 e. The molecule has 0 aliphatic heterocycles. The third-order valence-corrected chi connectivity index (χ3v) is 6.74. The lowest BCUT2D eigenvalue weighted by Gasteiger charge is -1.99. The van der Waals surface area contributed by atoms with Gasteiger partial charge in [0.1, 0.15) is 16.8 Å². The number of thiazole rings is 1. The summed E-state index contributed by atoms with van der Waals surface area (Å²) in [6.07, 6.45) is 3.73. The van der Waals surface area contributed by atoms with Crippen LogP contribution in [0.4, 0.5) is 0 Å². The van der Waals surface area contributed by atoms with E-state index in [1.165, 1.54) is 11.3 Å². The normalized spacial score (nSPS) is 11.7. The Morgan fingerprint density at radius 2 is 1.89 bits per heavy atom. The highest BCUT2D eigenvalue weighted by molar-refractivity contribution is 7.19. The van der Waals surface area contributed by atoms with Crippen LogP contribution in [0.3, 0.4) is 0 Å². The van der Waals surface area contributed by atoms with Gasteiger partial charge in [-0.25, -0.2) is 9.67 Å². The van der Waals surface area contributed by atoms with Gasteiger partial charge in [-0.05, 0) is 42.5 Å². The predicted molar refractivity (Wildman–Crippen MR) is 138 cm³/mol. The Morgan fingerprint density at radius 3 is 2.69 bits per heavy atom. The van der Waals surface area contributed by atoms with Gasteiger partial charge in [-0.15, -0.1) is 11.3 Å². The van der Waals surface area contributed by atoms with Gasteiger partial charge in [-0.1, -0.05) is 42.5 Å². The van der Waals surface area contributed by atoms with Gasteiger partial charge in [-0.2, -0.15) is 10.4 Å². The smallest absolute Gasteiger partial charge is 0.176 e. The van der Waals surface area contributed by atoms with Gasteiger partial charge in [0.25, 0.3) is 0 Å². The van der Waals surface area contributed by atoms with E-state index in [4.69, 9.17) is 14.3 Å². The Hall–Kier alpha value is -4.67. The van der Waals surface area contributed by atoms with Crippen LogP contribution >= 0.6 is 11.3 Å². The molecule has 0 amide bonds. The van der Waals surface area contributed by atoms with Crippen molar-refractivity contribution < 1.29 is 9.15 Å². The van der Waals surface area contributed by atoms with Gasteiger partial charge in [-0.3, -0.25) is 0 Å². The van der Waals surface area contributed by atoms with Crippen LogP contribution in [0.25, 0.3) is 50.0 Å². The molecule has 0 saturated heterocycles. The molecule has 0 N–H and O–H groups in total. The number of ether oxygens (including phenoxy) is 1. The summed E-state index contributed by atoms with van der Waals surface area (Å²) in [5.41, 5.74) is 4.28. The van der Waals surface area contributed by atoms with Crippen molar-refractivity contribution in [3.63, 3.8) is 0 Å². The molecular weight excluding hydrogens is 456 g/mol. The van der Waals surface area contributed by atoms with Gasteiger partial charge in [0.15, 0.2) is 17.1 Å². The fourth-order valence-corrected chi connectivity index (χ4v) is 4.93. The first-order valence-corrected chi connectivity index (χ1v) is 11.7. The summed E-state index contributed by atoms with van der Waals surface area (Å²) in [5, 5.41) is 16.4. The van der Waals surface area contributed by atoms with Crippen molar-refractivity contribution in [1.29, 1.82) is 5.26 Å². The summed E-state index contributed by atoms with van der Waals surface area (Å²) in [7, 11) is 1.62. The van der Waals surface area contributed by atoms with Crippen molar-refractivity contribution in [3.05, 3.63) is 95.6 Å². The fourth-order valence-electron chi connectivity index (χ4n) is 4.00. The number of aromatic nitrogens is 3. The Balaban J connectivity index is 1.54. The standard InChI is InChI=1S/C28H18N4O2S/c1-33-23-12-7-8-18-15-24(34-27(18)23)26-20(17-32(31-26)21-9-3-2-4-10-21)14-19(16-29)28-30-22-11-5-6-13-25(22)35-28/h2-15,17H,1H3. The number of hydrogen-bond donors (Lipinski definition) is 0. The molecule has 3 heterocycles. The number of benzene rings is 3. The second kappa shape index (κ2) is 8.60. The summed E-state index contributed by atoms with van der Waals surface area (Å²) in [6.45, 7) is 0. The molecular formula is C28H18N4O2S. The van der Waals surface area contributed by atoms with E-state index in [0.29, 0.717) is 33.4 Å². The van der Waals surface area contributed by atoms with Gasteiger partial charge >= 0.3 is 0 Å². The molecule has 0 unspecified atom stereocenters. The maximum Gasteiger partial charge on any atom is 0.176 e. The zero-order valence-electron chi connectivity index (χ0n) is 18.7. The van der Waals surface area contributed by atoms with E-state index in [2.05, 4.69) is 11.1 Å². The summed E-state index contributed by atoms with van der Waals surface area (Å²) < 4.78 is 14.5. The van der Waals surface area contributed by atoms with Crippen LogP contribution in [-0.4, -0.2) is 21.9 Å². The number of nitriles is 1. The monoisotopic (exact) mass is 474 g/mol. The minimum Gasteiger partial charge on any atom is -0.493 e. The fraction of sp³-hybridized carbons (Fsp3) is 0.0357. The minimum absolute atomic E-state index is 0.466. The number of nitrogens with zero attached hydrogens (tertiary/aromatic N) is 4. The van der Waals surface area contributed by atoms with E-state index in [0.717, 1.165) is 26.9 Å². The van der Waals surface area contributed by atoms with Gasteiger partial charge in [0, 0.05) is 17.1 Å². The molecule has 3 aromatic carbocycles. The molecule has 6 nitrogen and oxygen atoms in total. The van der Waals surface area contributed by atoms with E-state index in [1.54, 1.807) is 11.8 Å². The maximum atomic E-state index is 10.0. The Labute approximate surface area is 205 Å². The van der Waals surface area contributed by atoms with E-state index < -0.39 is 0 Å². The predicted octanol–water partition coefficient (Wildman–Crippen LogP) is 6.97. The number of furan rings is 1. The summed E-state index contributed by atoms with van der Waals surface area (Å²) in [4.78, 5) is 4.67. The maximum absolute atomic E-state index is 10.0. The highest BCUT2D eigenvalue weighted by Crippen LogP contribution is 2.36. The van der Waals surface area contributed by atoms with E-state index >= 15 is 0 Å². The van der Waals surface area contributed by atoms with Crippen LogP contribution in [-0.2, 0) is 0 Å². The van der Waals surface area contributed by atoms with Crippen molar-refractivity contribution in [2.24, 2.45) is 0 Å². The molecule has 6 rings (SSSR count). The van der Waals surface area contributed by atoms with Gasteiger partial charge in [0.05, 0.1) is 28.6 Å². The molecule has 35 heavy (non-hydrogen) atoms. The lowest BCUT2D eigenvalue weighted by Crippen LogP contribution is -1.93. The Bertz CT molecular complexity index is 1720. The van der Waals surface area contributed by atoms with Crippen LogP contribution in [0.5, 0.6) is 5.75 Å². The zero-order chi connectivity index (χ0) is 23.8. The first-order chi connectivity index (χ1) is 17.2. The lowest BCUT2D eigenvalue weighted by molar-refractivity contribution is 0.411. The highest BCUT2D eigenvalue weighted by Gasteiger charge is 2.19. The second-order valence-electron chi connectivity index (χ2n) is 7.86. The summed E-state index contributed by atoms with van der Waals surface area (Å²) >= 11 is 1.49. The molecule has 0 radical (unpaired) electrons. The molecule has 168 valence electrons. The zero-order valence-corrected chi connectivity index (χ0v) is 19.5. The highest BCUT2D eigenvalue weighted by atomic mass is 32.1. The molecule has 6 aromatic rings. The van der Waals surface area contributed by atoms with Crippen molar-refractivity contribution in [2.45, 2.75) is 0 Å². The number of fused-ring (bicyclic) bond motifs is 2. The molecule has 0 saturated carbocycles. The number of rotatable bonds is 5. The van der Waals surface area contributed by atoms with Crippen molar-refractivity contribution in [3.8, 4) is 29.0 Å². The number of para-hydroxylation sites is 3. The molecule has 0 atom stereocenters. The molecule has 0 aliphatic carbocycles. The van der Waals surface area contributed by atoms with Gasteiger partial charge < -0.3 is 9.15 Å². The first-order valence-electron chi connectivity index (χ1n) is 10.9. The number of hydrogen-bond acceptors (Lipinski definition) is 6. The first kappa shape index (κ1) is 20.9. The van der Waals surface area contributed by atoms with Crippen LogP contribution < -0.4 is 4.74 Å². The molecule has 0 bridgehead atoms. The van der Waals surface area contributed by atoms with Crippen molar-refractivity contribution >= 4 is 44.2 Å². The van der Waals surface area contributed by atoms with Crippen LogP contribution in [0, 0.1) is 11.3 Å². The molecule has 0 aliphatic rings. The van der Waals surface area contributed by atoms with E-state index in [-0.39, 0.29) is 0 Å². The Kier molecular flexibility index (Phi) is 5.13. The minimum atomic E-state index is 0.466. The van der Waals surface area contributed by atoms with Crippen molar-refractivity contribution in [1.82, 2.24) is 14.8 Å². The molecule has 0 spiro atoms. The quantitative estimate of drug-likeness (QED) is 0.252. The van der Waals surface area contributed by atoms with E-state index in [1.807, 2.05) is 91.1 Å². The lowest BCUT2D eigenvalue weighted by atomic mass is 10.1.